The second kappa shape index (κ2) is 15.9. The number of phenols is 1. The molecular weight excluding hydrogens is 362 g/mol. The van der Waals surface area contributed by atoms with Crippen LogP contribution in [0, 0.1) is 0 Å². The summed E-state index contributed by atoms with van der Waals surface area (Å²) in [5.74, 6) is 0.613. The maximum Gasteiger partial charge on any atom is 0.220 e. The number of benzene rings is 1. The van der Waals surface area contributed by atoms with Gasteiger partial charge in [-0.1, -0.05) is 70.1 Å². The molecule has 1 amide bonds. The fourth-order valence-corrected chi connectivity index (χ4v) is 3.42. The van der Waals surface area contributed by atoms with Gasteiger partial charge in [-0.15, -0.1) is 0 Å². The second-order valence-electron chi connectivity index (χ2n) is 7.96. The third kappa shape index (κ3) is 12.2. The van der Waals surface area contributed by atoms with Crippen LogP contribution in [0.3, 0.4) is 0 Å². The lowest BCUT2D eigenvalue weighted by molar-refractivity contribution is -0.121. The number of rotatable bonds is 17. The van der Waals surface area contributed by atoms with Crippen molar-refractivity contribution in [1.82, 2.24) is 5.32 Å². The Morgan fingerprint density at radius 3 is 2.17 bits per heavy atom. The number of amides is 1. The Bertz CT molecular complexity index is 598. The van der Waals surface area contributed by atoms with Crippen molar-refractivity contribution >= 4 is 5.91 Å². The van der Waals surface area contributed by atoms with E-state index >= 15 is 0 Å². The fraction of sp³-hybridized carbons (Fsp3) is 0.640. The van der Waals surface area contributed by atoms with E-state index in [1.807, 2.05) is 0 Å². The fourth-order valence-electron chi connectivity index (χ4n) is 3.42. The molecular formula is C25H41NO3. The van der Waals surface area contributed by atoms with E-state index in [0.717, 1.165) is 24.8 Å². The molecule has 1 aromatic rings. The van der Waals surface area contributed by atoms with Crippen molar-refractivity contribution in [2.45, 2.75) is 96.9 Å². The number of hydrogen-bond donors (Lipinski definition) is 2. The molecule has 0 atom stereocenters. The van der Waals surface area contributed by atoms with Crippen LogP contribution < -0.4 is 10.1 Å². The number of phenolic OH excluding ortho intramolecular Hbond substituents is 1. The molecule has 29 heavy (non-hydrogen) atoms. The van der Waals surface area contributed by atoms with Gasteiger partial charge >= 0.3 is 0 Å². The summed E-state index contributed by atoms with van der Waals surface area (Å²) in [7, 11) is 1.52. The number of hydrogen-bond acceptors (Lipinski definition) is 3. The van der Waals surface area contributed by atoms with Crippen molar-refractivity contribution in [2.24, 2.45) is 0 Å². The van der Waals surface area contributed by atoms with E-state index in [-0.39, 0.29) is 11.7 Å². The van der Waals surface area contributed by atoms with Gasteiger partial charge in [0.15, 0.2) is 11.5 Å². The maximum atomic E-state index is 12.0. The van der Waals surface area contributed by atoms with Crippen LogP contribution in [-0.4, -0.2) is 18.1 Å². The van der Waals surface area contributed by atoms with Crippen LogP contribution in [-0.2, 0) is 11.3 Å². The number of carbonyl (C=O) groups excluding carboxylic acids is 1. The highest BCUT2D eigenvalue weighted by molar-refractivity contribution is 5.75. The van der Waals surface area contributed by atoms with Gasteiger partial charge in [0, 0.05) is 13.0 Å². The maximum absolute atomic E-state index is 12.0. The lowest BCUT2D eigenvalue weighted by Gasteiger charge is -2.08. The molecule has 0 radical (unpaired) electrons. The van der Waals surface area contributed by atoms with Crippen molar-refractivity contribution in [1.29, 1.82) is 0 Å². The number of aromatic hydroxyl groups is 1. The molecule has 0 aliphatic carbocycles. The topological polar surface area (TPSA) is 58.6 Å². The van der Waals surface area contributed by atoms with Crippen molar-refractivity contribution in [2.75, 3.05) is 7.11 Å². The first-order valence-electron chi connectivity index (χ1n) is 11.4. The Morgan fingerprint density at radius 1 is 0.966 bits per heavy atom. The average Bonchev–Trinajstić information content (AvgIpc) is 2.72. The highest BCUT2D eigenvalue weighted by Gasteiger charge is 2.05. The lowest BCUT2D eigenvalue weighted by atomic mass is 10.0. The largest absolute Gasteiger partial charge is 0.504 e. The Kier molecular flexibility index (Phi) is 13.7. The van der Waals surface area contributed by atoms with Gasteiger partial charge in [-0.3, -0.25) is 4.79 Å². The van der Waals surface area contributed by atoms with Crippen molar-refractivity contribution in [3.63, 3.8) is 0 Å². The summed E-state index contributed by atoms with van der Waals surface area (Å²) in [6.45, 7) is 6.92. The normalized spacial score (nSPS) is 10.7. The number of carbonyl (C=O) groups is 1. The molecule has 0 saturated carbocycles. The third-order valence-electron chi connectivity index (χ3n) is 5.30. The first kappa shape index (κ1) is 25.1. The molecule has 1 rings (SSSR count). The second-order valence-corrected chi connectivity index (χ2v) is 7.96. The molecule has 0 heterocycles. The van der Waals surface area contributed by atoms with Gasteiger partial charge in [-0.2, -0.15) is 0 Å². The summed E-state index contributed by atoms with van der Waals surface area (Å²) in [4.78, 5) is 12.0. The number of nitrogens with one attached hydrogen (secondary N) is 1. The molecule has 0 aliphatic heterocycles. The Morgan fingerprint density at radius 2 is 1.55 bits per heavy atom. The molecule has 0 aliphatic rings. The summed E-state index contributed by atoms with van der Waals surface area (Å²) >= 11 is 0. The van der Waals surface area contributed by atoms with E-state index < -0.39 is 0 Å². The minimum Gasteiger partial charge on any atom is -0.504 e. The van der Waals surface area contributed by atoms with Crippen LogP contribution in [0.2, 0.25) is 0 Å². The average molecular weight is 404 g/mol. The summed E-state index contributed by atoms with van der Waals surface area (Å²) in [6.07, 6.45) is 15.2. The van der Waals surface area contributed by atoms with Crippen LogP contribution in [0.5, 0.6) is 11.5 Å². The van der Waals surface area contributed by atoms with E-state index in [0.29, 0.717) is 18.7 Å². The molecule has 4 heteroatoms. The summed E-state index contributed by atoms with van der Waals surface area (Å²) < 4.78 is 5.08. The van der Waals surface area contributed by atoms with Crippen molar-refractivity contribution in [3.8, 4) is 11.5 Å². The van der Waals surface area contributed by atoms with Gasteiger partial charge in [0.25, 0.3) is 0 Å². The molecule has 0 saturated heterocycles. The predicted molar refractivity (Wildman–Crippen MR) is 121 cm³/mol. The van der Waals surface area contributed by atoms with Gasteiger partial charge in [-0.05, 0) is 49.8 Å². The minimum atomic E-state index is 0.0773. The van der Waals surface area contributed by atoms with E-state index in [4.69, 9.17) is 4.74 Å². The molecule has 2 N–H and O–H groups in total. The number of allylic oxidation sites excluding steroid dienone is 1. The Labute approximate surface area is 177 Å². The standard InChI is InChI=1S/C25H41NO3/c1-4-5-6-8-11-14-21(2)15-12-9-7-10-13-16-25(28)26-20-22-17-18-23(27)24(19-22)29-3/h17-19,27H,2,4-16,20H2,1,3H3,(H,26,28). The zero-order valence-electron chi connectivity index (χ0n) is 18.6. The number of ether oxygens (including phenoxy) is 1. The van der Waals surface area contributed by atoms with Crippen LogP contribution in [0.1, 0.15) is 96.0 Å². The zero-order valence-corrected chi connectivity index (χ0v) is 18.6. The highest BCUT2D eigenvalue weighted by atomic mass is 16.5. The number of unbranched alkanes of at least 4 members (excludes halogenated alkanes) is 8. The predicted octanol–water partition coefficient (Wildman–Crippen LogP) is 6.66. The molecule has 1 aromatic carbocycles. The van der Waals surface area contributed by atoms with Gasteiger partial charge < -0.3 is 15.2 Å². The Hall–Kier alpha value is -1.97. The molecule has 0 bridgehead atoms. The molecule has 0 aromatic heterocycles. The molecule has 0 spiro atoms. The van der Waals surface area contributed by atoms with Crippen molar-refractivity contribution in [3.05, 3.63) is 35.9 Å². The van der Waals surface area contributed by atoms with Gasteiger partial charge in [0.1, 0.15) is 0 Å². The summed E-state index contributed by atoms with van der Waals surface area (Å²) in [6, 6.07) is 5.12. The molecule has 4 nitrogen and oxygen atoms in total. The van der Waals surface area contributed by atoms with Gasteiger partial charge in [0.2, 0.25) is 5.91 Å². The molecule has 0 unspecified atom stereocenters. The number of methoxy groups -OCH3 is 1. The highest BCUT2D eigenvalue weighted by Crippen LogP contribution is 2.26. The monoisotopic (exact) mass is 403 g/mol. The molecule has 164 valence electrons. The van der Waals surface area contributed by atoms with Crippen LogP contribution in [0.25, 0.3) is 0 Å². The van der Waals surface area contributed by atoms with E-state index in [2.05, 4.69) is 18.8 Å². The Balaban J connectivity index is 1.99. The summed E-state index contributed by atoms with van der Waals surface area (Å²) in [5.41, 5.74) is 2.32. The lowest BCUT2D eigenvalue weighted by Crippen LogP contribution is -2.22. The van der Waals surface area contributed by atoms with E-state index in [9.17, 15) is 9.90 Å². The van der Waals surface area contributed by atoms with Gasteiger partial charge in [0.05, 0.1) is 7.11 Å². The van der Waals surface area contributed by atoms with Crippen LogP contribution in [0.4, 0.5) is 0 Å². The SMILES string of the molecule is C=C(CCCCCCC)CCCCCCCC(=O)NCc1ccc(O)c(OC)c1. The van der Waals surface area contributed by atoms with Gasteiger partial charge in [-0.25, -0.2) is 0 Å². The van der Waals surface area contributed by atoms with Crippen molar-refractivity contribution < 1.29 is 14.6 Å². The summed E-state index contributed by atoms with van der Waals surface area (Å²) in [5, 5.41) is 12.5. The first-order chi connectivity index (χ1) is 14.1. The quantitative estimate of drug-likeness (QED) is 0.226. The minimum absolute atomic E-state index is 0.0773. The van der Waals surface area contributed by atoms with E-state index in [1.165, 1.54) is 70.5 Å². The third-order valence-corrected chi connectivity index (χ3v) is 5.30. The van der Waals surface area contributed by atoms with E-state index in [1.54, 1.807) is 18.2 Å². The van der Waals surface area contributed by atoms with Crippen LogP contribution >= 0.6 is 0 Å². The smallest absolute Gasteiger partial charge is 0.220 e. The molecule has 0 fully saturated rings. The van der Waals surface area contributed by atoms with Crippen LogP contribution in [0.15, 0.2) is 30.4 Å². The first-order valence-corrected chi connectivity index (χ1v) is 11.4. The zero-order chi connectivity index (χ0) is 21.3.